The Hall–Kier alpha value is -2.62. The Bertz CT molecular complexity index is 620. The summed E-state index contributed by atoms with van der Waals surface area (Å²) >= 11 is 0. The van der Waals surface area contributed by atoms with Gasteiger partial charge in [0.25, 0.3) is 0 Å². The number of nitrogens with zero attached hydrogens (tertiary/aromatic N) is 2. The molecule has 2 unspecified atom stereocenters. The smallest absolute Gasteiger partial charge is 0.230 e. The lowest BCUT2D eigenvalue weighted by atomic mass is 9.79. The molecule has 126 valence electrons. The molecule has 2 amide bonds. The lowest BCUT2D eigenvalue weighted by Gasteiger charge is -2.30. The van der Waals surface area contributed by atoms with Gasteiger partial charge in [-0.25, -0.2) is 0 Å². The summed E-state index contributed by atoms with van der Waals surface area (Å²) in [6, 6.07) is 19.0. The highest BCUT2D eigenvalue weighted by molar-refractivity contribution is 5.94. The highest BCUT2D eigenvalue weighted by Crippen LogP contribution is 2.35. The largest absolute Gasteiger partial charge is 0.348 e. The Morgan fingerprint density at radius 1 is 0.625 bits per heavy atom. The maximum absolute atomic E-state index is 12.9. The van der Waals surface area contributed by atoms with Gasteiger partial charge in [0.15, 0.2) is 0 Å². The van der Waals surface area contributed by atoms with Crippen LogP contribution in [0.5, 0.6) is 0 Å². The summed E-state index contributed by atoms with van der Waals surface area (Å²) in [5, 5.41) is 0. The van der Waals surface area contributed by atoms with Crippen molar-refractivity contribution < 1.29 is 9.59 Å². The van der Waals surface area contributed by atoms with Gasteiger partial charge in [-0.05, 0) is 11.1 Å². The molecule has 24 heavy (non-hydrogen) atoms. The van der Waals surface area contributed by atoms with E-state index in [0.717, 1.165) is 11.1 Å². The average molecular weight is 324 g/mol. The maximum Gasteiger partial charge on any atom is 0.230 e. The summed E-state index contributed by atoms with van der Waals surface area (Å²) in [4.78, 5) is 29.0. The van der Waals surface area contributed by atoms with Crippen molar-refractivity contribution in [1.82, 2.24) is 9.80 Å². The van der Waals surface area contributed by atoms with Gasteiger partial charge >= 0.3 is 0 Å². The van der Waals surface area contributed by atoms with Crippen molar-refractivity contribution in [3.05, 3.63) is 71.8 Å². The lowest BCUT2D eigenvalue weighted by Crippen LogP contribution is -2.38. The van der Waals surface area contributed by atoms with Crippen molar-refractivity contribution >= 4 is 11.8 Å². The molecular formula is C20H24N2O2. The second-order valence-electron chi connectivity index (χ2n) is 6.24. The van der Waals surface area contributed by atoms with Crippen LogP contribution >= 0.6 is 0 Å². The third-order valence-electron chi connectivity index (χ3n) is 4.06. The Labute approximate surface area is 143 Å². The van der Waals surface area contributed by atoms with Gasteiger partial charge in [0.2, 0.25) is 11.8 Å². The highest BCUT2D eigenvalue weighted by Gasteiger charge is 2.37. The fourth-order valence-electron chi connectivity index (χ4n) is 2.83. The summed E-state index contributed by atoms with van der Waals surface area (Å²) in [5.74, 6) is -1.27. The van der Waals surface area contributed by atoms with Crippen LogP contribution in [0.3, 0.4) is 0 Å². The first-order chi connectivity index (χ1) is 11.4. The van der Waals surface area contributed by atoms with Crippen LogP contribution in [0.1, 0.15) is 23.0 Å². The van der Waals surface area contributed by atoms with Crippen molar-refractivity contribution in [1.29, 1.82) is 0 Å². The first-order valence-electron chi connectivity index (χ1n) is 7.95. The van der Waals surface area contributed by atoms with Gasteiger partial charge in [0, 0.05) is 28.2 Å². The second-order valence-corrected chi connectivity index (χ2v) is 6.24. The molecule has 0 N–H and O–H groups in total. The third kappa shape index (κ3) is 3.82. The van der Waals surface area contributed by atoms with E-state index in [1.807, 2.05) is 60.7 Å². The predicted octanol–water partition coefficient (Wildman–Crippen LogP) is 2.73. The van der Waals surface area contributed by atoms with Gasteiger partial charge < -0.3 is 9.80 Å². The van der Waals surface area contributed by atoms with Crippen molar-refractivity contribution in [2.75, 3.05) is 28.2 Å². The molecular weight excluding hydrogens is 300 g/mol. The molecule has 4 heteroatoms. The molecule has 0 aliphatic carbocycles. The standard InChI is InChI=1S/C20H24N2O2/c1-21(2)19(23)17(15-11-7-5-8-12-15)18(20(24)22(3)4)16-13-9-6-10-14-16/h5-14,17-18H,1-4H3. The van der Waals surface area contributed by atoms with E-state index in [1.54, 1.807) is 38.0 Å². The third-order valence-corrected chi connectivity index (χ3v) is 4.06. The molecule has 2 rings (SSSR count). The zero-order chi connectivity index (χ0) is 17.7. The first-order valence-corrected chi connectivity index (χ1v) is 7.95. The predicted molar refractivity (Wildman–Crippen MR) is 95.8 cm³/mol. The number of carbonyl (C=O) groups excluding carboxylic acids is 2. The molecule has 0 aliphatic rings. The molecule has 0 aliphatic heterocycles. The fraction of sp³-hybridized carbons (Fsp3) is 0.300. The number of rotatable bonds is 5. The Morgan fingerprint density at radius 2 is 0.917 bits per heavy atom. The Morgan fingerprint density at radius 3 is 1.17 bits per heavy atom. The monoisotopic (exact) mass is 324 g/mol. The van der Waals surface area contributed by atoms with Gasteiger partial charge in [-0.2, -0.15) is 0 Å². The molecule has 0 saturated carbocycles. The molecule has 2 aromatic rings. The van der Waals surface area contributed by atoms with E-state index in [0.29, 0.717) is 0 Å². The minimum atomic E-state index is -0.557. The van der Waals surface area contributed by atoms with E-state index < -0.39 is 11.8 Å². The molecule has 4 nitrogen and oxygen atoms in total. The number of likely N-dealkylation sites (N-methyl/N-ethyl adjacent to an activating group) is 2. The van der Waals surface area contributed by atoms with Crippen molar-refractivity contribution in [3.63, 3.8) is 0 Å². The summed E-state index contributed by atoms with van der Waals surface area (Å²) in [5.41, 5.74) is 1.69. The van der Waals surface area contributed by atoms with E-state index >= 15 is 0 Å². The second kappa shape index (κ2) is 7.77. The van der Waals surface area contributed by atoms with E-state index in [2.05, 4.69) is 0 Å². The van der Waals surface area contributed by atoms with E-state index in [4.69, 9.17) is 0 Å². The summed E-state index contributed by atoms with van der Waals surface area (Å²) in [6.45, 7) is 0. The van der Waals surface area contributed by atoms with Gasteiger partial charge in [0.05, 0.1) is 11.8 Å². The normalized spacial score (nSPS) is 13.0. The average Bonchev–Trinajstić information content (AvgIpc) is 2.59. The van der Waals surface area contributed by atoms with E-state index in [-0.39, 0.29) is 11.8 Å². The number of amides is 2. The zero-order valence-corrected chi connectivity index (χ0v) is 14.6. The van der Waals surface area contributed by atoms with Crippen LogP contribution < -0.4 is 0 Å². The summed E-state index contributed by atoms with van der Waals surface area (Å²) in [6.07, 6.45) is 0. The maximum atomic E-state index is 12.9. The fourth-order valence-corrected chi connectivity index (χ4v) is 2.83. The van der Waals surface area contributed by atoms with E-state index in [1.165, 1.54) is 0 Å². The van der Waals surface area contributed by atoms with Crippen LogP contribution in [-0.4, -0.2) is 49.8 Å². The molecule has 0 aromatic heterocycles. The first kappa shape index (κ1) is 17.7. The summed E-state index contributed by atoms with van der Waals surface area (Å²) < 4.78 is 0. The Kier molecular flexibility index (Phi) is 5.74. The molecule has 0 fully saturated rings. The molecule has 0 saturated heterocycles. The number of carbonyl (C=O) groups is 2. The minimum Gasteiger partial charge on any atom is -0.348 e. The molecule has 2 atom stereocenters. The lowest BCUT2D eigenvalue weighted by molar-refractivity contribution is -0.137. The number of benzene rings is 2. The van der Waals surface area contributed by atoms with Crippen LogP contribution in [0.25, 0.3) is 0 Å². The minimum absolute atomic E-state index is 0.0785. The zero-order valence-electron chi connectivity index (χ0n) is 14.6. The van der Waals surface area contributed by atoms with Gasteiger partial charge in [0.1, 0.15) is 0 Å². The number of hydrogen-bond acceptors (Lipinski definition) is 2. The van der Waals surface area contributed by atoms with Crippen molar-refractivity contribution in [3.8, 4) is 0 Å². The van der Waals surface area contributed by atoms with Crippen LogP contribution in [0.4, 0.5) is 0 Å². The molecule has 0 spiro atoms. The molecule has 0 heterocycles. The quantitative estimate of drug-likeness (QED) is 0.848. The highest BCUT2D eigenvalue weighted by atomic mass is 16.2. The van der Waals surface area contributed by atoms with Crippen molar-refractivity contribution in [2.45, 2.75) is 11.8 Å². The summed E-state index contributed by atoms with van der Waals surface area (Å²) in [7, 11) is 6.89. The Balaban J connectivity index is 2.60. The van der Waals surface area contributed by atoms with Crippen LogP contribution in [0, 0.1) is 0 Å². The van der Waals surface area contributed by atoms with Crippen LogP contribution in [0.15, 0.2) is 60.7 Å². The molecule has 0 bridgehead atoms. The molecule has 0 radical (unpaired) electrons. The van der Waals surface area contributed by atoms with Crippen molar-refractivity contribution in [2.24, 2.45) is 0 Å². The van der Waals surface area contributed by atoms with Gasteiger partial charge in [-0.3, -0.25) is 9.59 Å². The molecule has 2 aromatic carbocycles. The topological polar surface area (TPSA) is 40.6 Å². The van der Waals surface area contributed by atoms with Gasteiger partial charge in [-0.1, -0.05) is 60.7 Å². The van der Waals surface area contributed by atoms with Gasteiger partial charge in [-0.15, -0.1) is 0 Å². The van der Waals surface area contributed by atoms with Crippen LogP contribution in [-0.2, 0) is 9.59 Å². The number of hydrogen-bond donors (Lipinski definition) is 0. The SMILES string of the molecule is CN(C)C(=O)C(c1ccccc1)C(C(=O)N(C)C)c1ccccc1. The van der Waals surface area contributed by atoms with Crippen LogP contribution in [0.2, 0.25) is 0 Å². The van der Waals surface area contributed by atoms with E-state index in [9.17, 15) is 9.59 Å².